The number of carbonyl (C=O) groups excluding carboxylic acids is 3. The van der Waals surface area contributed by atoms with Crippen LogP contribution < -0.4 is 10.1 Å². The lowest BCUT2D eigenvalue weighted by Crippen LogP contribution is -2.53. The van der Waals surface area contributed by atoms with Crippen molar-refractivity contribution in [2.24, 2.45) is 0 Å². The van der Waals surface area contributed by atoms with Gasteiger partial charge in [-0.05, 0) is 57.9 Å². The molecule has 4 amide bonds. The fraction of sp³-hybridized carbons (Fsp3) is 0.0833. The molecule has 0 saturated carbocycles. The minimum Gasteiger partial charge on any atom is -0.488 e. The van der Waals surface area contributed by atoms with Gasteiger partial charge in [-0.2, -0.15) is 5.26 Å². The lowest BCUT2D eigenvalue weighted by atomic mass is 10.1. The van der Waals surface area contributed by atoms with Gasteiger partial charge < -0.3 is 9.15 Å². The van der Waals surface area contributed by atoms with E-state index in [0.717, 1.165) is 10.5 Å². The molecule has 33 heavy (non-hydrogen) atoms. The first-order valence-electron chi connectivity index (χ1n) is 9.78. The summed E-state index contributed by atoms with van der Waals surface area (Å²) < 4.78 is 11.6. The molecule has 0 bridgehead atoms. The van der Waals surface area contributed by atoms with Gasteiger partial charge in [0.2, 0.25) is 0 Å². The second-order valence-corrected chi connectivity index (χ2v) is 7.89. The quantitative estimate of drug-likeness (QED) is 0.397. The summed E-state index contributed by atoms with van der Waals surface area (Å²) in [6, 6.07) is 16.8. The number of halogens is 1. The molecule has 1 N–H and O–H groups in total. The summed E-state index contributed by atoms with van der Waals surface area (Å²) >= 11 is 3.43. The van der Waals surface area contributed by atoms with E-state index in [2.05, 4.69) is 27.3 Å². The molecule has 3 aromatic rings. The smallest absolute Gasteiger partial charge is 0.331 e. The highest BCUT2D eigenvalue weighted by Gasteiger charge is 2.36. The van der Waals surface area contributed by atoms with Crippen LogP contribution in [-0.2, 0) is 22.7 Å². The molecule has 0 aliphatic carbocycles. The van der Waals surface area contributed by atoms with Crippen molar-refractivity contribution in [3.63, 3.8) is 0 Å². The van der Waals surface area contributed by atoms with Gasteiger partial charge in [0, 0.05) is 5.56 Å². The van der Waals surface area contributed by atoms with E-state index in [0.29, 0.717) is 27.1 Å². The Labute approximate surface area is 197 Å². The molecule has 1 aromatic heterocycles. The molecule has 164 valence electrons. The summed E-state index contributed by atoms with van der Waals surface area (Å²) in [4.78, 5) is 38.2. The molecule has 4 rings (SSSR count). The number of rotatable bonds is 6. The lowest BCUT2D eigenvalue weighted by Gasteiger charge is -2.25. The maximum Gasteiger partial charge on any atom is 0.331 e. The number of nitriles is 1. The number of hydrogen-bond donors (Lipinski definition) is 1. The molecular weight excluding hydrogens is 490 g/mol. The van der Waals surface area contributed by atoms with Gasteiger partial charge in [0.25, 0.3) is 11.8 Å². The highest BCUT2D eigenvalue weighted by molar-refractivity contribution is 9.10. The molecular formula is C24H16BrN3O5. The van der Waals surface area contributed by atoms with E-state index in [1.807, 2.05) is 12.1 Å². The van der Waals surface area contributed by atoms with E-state index in [-0.39, 0.29) is 18.7 Å². The molecule has 0 radical (unpaired) electrons. The molecule has 1 aliphatic rings. The van der Waals surface area contributed by atoms with Gasteiger partial charge in [0.05, 0.1) is 28.9 Å². The fourth-order valence-electron chi connectivity index (χ4n) is 3.20. The summed E-state index contributed by atoms with van der Waals surface area (Å²) in [6.07, 6.45) is 2.84. The molecule has 1 aliphatic heterocycles. The van der Waals surface area contributed by atoms with Crippen LogP contribution in [0.15, 0.2) is 75.3 Å². The van der Waals surface area contributed by atoms with Crippen molar-refractivity contribution in [2.45, 2.75) is 13.2 Å². The van der Waals surface area contributed by atoms with Gasteiger partial charge in [-0.25, -0.2) is 4.79 Å². The number of amides is 4. The lowest BCUT2D eigenvalue weighted by molar-refractivity contribution is -0.130. The van der Waals surface area contributed by atoms with Crippen molar-refractivity contribution in [3.8, 4) is 11.8 Å². The maximum absolute atomic E-state index is 12.8. The Morgan fingerprint density at radius 2 is 1.94 bits per heavy atom. The number of imide groups is 2. The fourth-order valence-corrected chi connectivity index (χ4v) is 3.71. The number of carbonyl (C=O) groups is 3. The van der Waals surface area contributed by atoms with Crippen molar-refractivity contribution >= 4 is 39.9 Å². The second kappa shape index (κ2) is 9.54. The zero-order chi connectivity index (χ0) is 23.4. The minimum atomic E-state index is -0.805. The first-order chi connectivity index (χ1) is 16.0. The molecule has 2 heterocycles. The molecule has 0 spiro atoms. The van der Waals surface area contributed by atoms with E-state index in [4.69, 9.17) is 9.15 Å². The summed E-state index contributed by atoms with van der Waals surface area (Å²) in [5, 5.41) is 11.4. The Kier molecular flexibility index (Phi) is 6.38. The molecule has 0 unspecified atom stereocenters. The molecule has 9 heteroatoms. The third-order valence-corrected chi connectivity index (χ3v) is 5.49. The monoisotopic (exact) mass is 505 g/mol. The number of urea groups is 1. The number of ether oxygens (including phenoxy) is 1. The topological polar surface area (TPSA) is 113 Å². The summed E-state index contributed by atoms with van der Waals surface area (Å²) in [7, 11) is 0. The summed E-state index contributed by atoms with van der Waals surface area (Å²) in [5.74, 6) is -0.552. The van der Waals surface area contributed by atoms with Crippen LogP contribution in [0.25, 0.3) is 6.08 Å². The Morgan fingerprint density at radius 3 is 2.67 bits per heavy atom. The van der Waals surface area contributed by atoms with Crippen molar-refractivity contribution in [3.05, 3.63) is 93.4 Å². The van der Waals surface area contributed by atoms with E-state index >= 15 is 0 Å². The van der Waals surface area contributed by atoms with E-state index in [1.165, 1.54) is 12.3 Å². The van der Waals surface area contributed by atoms with Crippen LogP contribution in [-0.4, -0.2) is 22.7 Å². The number of nitrogens with one attached hydrogen (secondary N) is 1. The standard InChI is InChI=1S/C24H16BrN3O5/c25-20-11-15(7-8-21(20)33-14-17-5-2-1-4-16(17)12-26)10-19-22(29)27-24(31)28(23(19)30)13-18-6-3-9-32-18/h1-11H,13-14H2,(H,27,29,31)/b19-10+. The third-order valence-electron chi connectivity index (χ3n) is 4.87. The summed E-state index contributed by atoms with van der Waals surface area (Å²) in [6.45, 7) is 0.108. The largest absolute Gasteiger partial charge is 0.488 e. The van der Waals surface area contributed by atoms with Crippen LogP contribution in [0.3, 0.4) is 0 Å². The van der Waals surface area contributed by atoms with Gasteiger partial charge in [0.1, 0.15) is 23.7 Å². The van der Waals surface area contributed by atoms with E-state index < -0.39 is 17.8 Å². The Balaban J connectivity index is 1.52. The van der Waals surface area contributed by atoms with E-state index in [9.17, 15) is 19.6 Å². The van der Waals surface area contributed by atoms with Gasteiger partial charge in [-0.1, -0.05) is 24.3 Å². The van der Waals surface area contributed by atoms with Crippen LogP contribution in [0, 0.1) is 11.3 Å². The number of benzene rings is 2. The third kappa shape index (κ3) is 4.86. The van der Waals surface area contributed by atoms with Crippen LogP contribution in [0.4, 0.5) is 4.79 Å². The Bertz CT molecular complexity index is 1310. The average Bonchev–Trinajstić information content (AvgIpc) is 3.32. The Hall–Kier alpha value is -4.16. The van der Waals surface area contributed by atoms with Crippen LogP contribution >= 0.6 is 15.9 Å². The summed E-state index contributed by atoms with van der Waals surface area (Å²) in [5.41, 5.74) is 1.66. The van der Waals surface area contributed by atoms with Gasteiger partial charge in [-0.3, -0.25) is 19.8 Å². The first kappa shape index (κ1) is 22.0. The van der Waals surface area contributed by atoms with Crippen molar-refractivity contribution in [2.75, 3.05) is 0 Å². The van der Waals surface area contributed by atoms with Gasteiger partial charge >= 0.3 is 6.03 Å². The Morgan fingerprint density at radius 1 is 1.12 bits per heavy atom. The second-order valence-electron chi connectivity index (χ2n) is 7.04. The zero-order valence-electron chi connectivity index (χ0n) is 17.1. The van der Waals surface area contributed by atoms with Gasteiger partial charge in [0.15, 0.2) is 0 Å². The van der Waals surface area contributed by atoms with Crippen molar-refractivity contribution in [1.29, 1.82) is 5.26 Å². The molecule has 8 nitrogen and oxygen atoms in total. The van der Waals surface area contributed by atoms with Crippen molar-refractivity contribution < 1.29 is 23.5 Å². The number of hydrogen-bond acceptors (Lipinski definition) is 6. The van der Waals surface area contributed by atoms with E-state index in [1.54, 1.807) is 42.5 Å². The molecule has 2 aromatic carbocycles. The highest BCUT2D eigenvalue weighted by atomic mass is 79.9. The average molecular weight is 506 g/mol. The minimum absolute atomic E-state index is 0.0943. The normalized spacial score (nSPS) is 14.8. The van der Waals surface area contributed by atoms with Gasteiger partial charge in [-0.15, -0.1) is 0 Å². The molecule has 1 fully saturated rings. The van der Waals surface area contributed by atoms with Crippen LogP contribution in [0.2, 0.25) is 0 Å². The highest BCUT2D eigenvalue weighted by Crippen LogP contribution is 2.28. The molecule has 1 saturated heterocycles. The zero-order valence-corrected chi connectivity index (χ0v) is 18.7. The predicted octanol–water partition coefficient (Wildman–Crippen LogP) is 4.15. The number of nitrogens with zero attached hydrogens (tertiary/aromatic N) is 2. The predicted molar refractivity (Wildman–Crippen MR) is 120 cm³/mol. The van der Waals surface area contributed by atoms with Crippen LogP contribution in [0.1, 0.15) is 22.5 Å². The first-order valence-corrected chi connectivity index (χ1v) is 10.6. The number of furan rings is 1. The SMILES string of the molecule is N#Cc1ccccc1COc1ccc(/C=C2\C(=O)NC(=O)N(Cc3ccco3)C2=O)cc1Br. The maximum atomic E-state index is 12.8. The van der Waals surface area contributed by atoms with Crippen LogP contribution in [0.5, 0.6) is 5.75 Å². The van der Waals surface area contributed by atoms with Crippen molar-refractivity contribution in [1.82, 2.24) is 10.2 Å². The molecule has 0 atom stereocenters. The number of barbiturate groups is 1.